The minimum absolute atomic E-state index is 0.0461. The number of ether oxygens (including phenoxy) is 1. The van der Waals surface area contributed by atoms with Crippen molar-refractivity contribution in [1.82, 2.24) is 10.0 Å². The molecular weight excluding hydrogens is 622 g/mol. The second-order valence-electron chi connectivity index (χ2n) is 10.2. The molecule has 3 atom stereocenters. The van der Waals surface area contributed by atoms with Crippen LogP contribution in [0.15, 0.2) is 89.4 Å². The van der Waals surface area contributed by atoms with Gasteiger partial charge in [0, 0.05) is 27.7 Å². The Morgan fingerprint density at radius 1 is 0.930 bits per heavy atom. The summed E-state index contributed by atoms with van der Waals surface area (Å²) in [7, 11) is 0. The van der Waals surface area contributed by atoms with Crippen LogP contribution in [0.25, 0.3) is 0 Å². The molecule has 1 heterocycles. The van der Waals surface area contributed by atoms with Crippen molar-refractivity contribution in [1.29, 1.82) is 0 Å². The highest BCUT2D eigenvalue weighted by Crippen LogP contribution is 2.39. The second kappa shape index (κ2) is 12.1. The van der Waals surface area contributed by atoms with E-state index in [9.17, 15) is 34.1 Å². The van der Waals surface area contributed by atoms with Crippen LogP contribution in [0.3, 0.4) is 0 Å². The van der Waals surface area contributed by atoms with E-state index in [0.29, 0.717) is 12.0 Å². The SMILES string of the molecule is C[C@@H]1C=CC[C@H]2C(=O)N(N(CC(=O)c3ccc(OC(=O)c4ccc(Br)cc4)cc3)C(=O)c3ccc([N+](=O)[O-])cc3)C(=O)[C@@H]12. The highest BCUT2D eigenvalue weighted by molar-refractivity contribution is 9.10. The molecule has 11 nitrogen and oxygen atoms in total. The van der Waals surface area contributed by atoms with Gasteiger partial charge in [0.25, 0.3) is 23.4 Å². The van der Waals surface area contributed by atoms with Crippen LogP contribution in [0.4, 0.5) is 5.69 Å². The lowest BCUT2D eigenvalue weighted by Crippen LogP contribution is -2.52. The van der Waals surface area contributed by atoms with Crippen LogP contribution in [0, 0.1) is 27.9 Å². The van der Waals surface area contributed by atoms with Crippen LogP contribution in [0.2, 0.25) is 0 Å². The molecular formula is C31H24BrN3O8. The Morgan fingerprint density at radius 2 is 1.53 bits per heavy atom. The lowest BCUT2D eigenvalue weighted by atomic mass is 9.78. The third kappa shape index (κ3) is 6.00. The summed E-state index contributed by atoms with van der Waals surface area (Å²) in [5.41, 5.74) is 0.167. The third-order valence-corrected chi connectivity index (χ3v) is 7.94. The van der Waals surface area contributed by atoms with Gasteiger partial charge in [-0.25, -0.2) is 9.80 Å². The maximum Gasteiger partial charge on any atom is 0.343 e. The molecule has 0 N–H and O–H groups in total. The molecule has 0 bridgehead atoms. The number of nitrogens with zero attached hydrogens (tertiary/aromatic N) is 3. The molecule has 43 heavy (non-hydrogen) atoms. The Morgan fingerprint density at radius 3 is 2.14 bits per heavy atom. The van der Waals surface area contributed by atoms with Crippen molar-refractivity contribution in [2.45, 2.75) is 13.3 Å². The van der Waals surface area contributed by atoms with E-state index in [-0.39, 0.29) is 28.5 Å². The number of fused-ring (bicyclic) bond motifs is 1. The Labute approximate surface area is 254 Å². The number of imide groups is 1. The van der Waals surface area contributed by atoms with E-state index >= 15 is 0 Å². The quantitative estimate of drug-likeness (QED) is 0.0632. The van der Waals surface area contributed by atoms with E-state index < -0.39 is 52.8 Å². The molecule has 0 unspecified atom stereocenters. The summed E-state index contributed by atoms with van der Waals surface area (Å²) in [5.74, 6) is -4.64. The summed E-state index contributed by atoms with van der Waals surface area (Å²) in [5, 5.41) is 12.6. The van der Waals surface area contributed by atoms with Crippen LogP contribution >= 0.6 is 15.9 Å². The zero-order valence-corrected chi connectivity index (χ0v) is 24.3. The van der Waals surface area contributed by atoms with Gasteiger partial charge in [0.15, 0.2) is 5.78 Å². The molecule has 5 rings (SSSR count). The summed E-state index contributed by atoms with van der Waals surface area (Å²) < 4.78 is 6.17. The van der Waals surface area contributed by atoms with Crippen molar-refractivity contribution < 1.29 is 33.6 Å². The molecule has 1 aliphatic carbocycles. The van der Waals surface area contributed by atoms with Gasteiger partial charge in [0.05, 0.1) is 22.3 Å². The molecule has 218 valence electrons. The zero-order valence-electron chi connectivity index (χ0n) is 22.7. The monoisotopic (exact) mass is 645 g/mol. The molecule has 3 aromatic carbocycles. The van der Waals surface area contributed by atoms with Crippen LogP contribution < -0.4 is 4.74 Å². The number of esters is 1. The third-order valence-electron chi connectivity index (χ3n) is 7.41. The number of carbonyl (C=O) groups excluding carboxylic acids is 5. The van der Waals surface area contributed by atoms with Gasteiger partial charge in [-0.2, -0.15) is 5.01 Å². The fraction of sp³-hybridized carbons (Fsp3) is 0.194. The zero-order chi connectivity index (χ0) is 30.8. The number of hydrazine groups is 1. The number of hydrogen-bond donors (Lipinski definition) is 0. The van der Waals surface area contributed by atoms with Crippen molar-refractivity contribution in [2.75, 3.05) is 6.54 Å². The number of benzene rings is 3. The number of Topliss-reactive ketones (excluding diaryl/α,β-unsaturated/α-hetero) is 1. The lowest BCUT2D eigenvalue weighted by molar-refractivity contribution is -0.384. The maximum absolute atomic E-state index is 13.7. The number of rotatable bonds is 8. The number of non-ortho nitro benzene ring substituents is 1. The van der Waals surface area contributed by atoms with Gasteiger partial charge < -0.3 is 4.74 Å². The second-order valence-corrected chi connectivity index (χ2v) is 11.1. The van der Waals surface area contributed by atoms with Crippen LogP contribution in [-0.2, 0) is 9.59 Å². The molecule has 0 radical (unpaired) electrons. The summed E-state index contributed by atoms with van der Waals surface area (Å²) in [6.45, 7) is 1.15. The lowest BCUT2D eigenvalue weighted by Gasteiger charge is -2.30. The first-order chi connectivity index (χ1) is 20.5. The molecule has 0 aromatic heterocycles. The highest BCUT2D eigenvalue weighted by atomic mass is 79.9. The van der Waals surface area contributed by atoms with Gasteiger partial charge in [-0.15, -0.1) is 0 Å². The van der Waals surface area contributed by atoms with Crippen molar-refractivity contribution in [2.24, 2.45) is 17.8 Å². The van der Waals surface area contributed by atoms with E-state index in [4.69, 9.17) is 4.74 Å². The molecule has 12 heteroatoms. The Hall–Kier alpha value is -4.97. The molecule has 0 saturated carbocycles. The number of nitro groups is 1. The number of carbonyl (C=O) groups is 5. The molecule has 1 aliphatic heterocycles. The Kier molecular flexibility index (Phi) is 8.31. The first kappa shape index (κ1) is 29.5. The minimum Gasteiger partial charge on any atom is -0.423 e. The van der Waals surface area contributed by atoms with Gasteiger partial charge in [-0.1, -0.05) is 35.0 Å². The summed E-state index contributed by atoms with van der Waals surface area (Å²) in [6, 6.07) is 16.9. The van der Waals surface area contributed by atoms with Gasteiger partial charge in [-0.3, -0.25) is 29.3 Å². The summed E-state index contributed by atoms with van der Waals surface area (Å²) in [4.78, 5) is 76.9. The number of allylic oxidation sites excluding steroid dienone is 2. The fourth-order valence-corrected chi connectivity index (χ4v) is 5.43. The van der Waals surface area contributed by atoms with Crippen molar-refractivity contribution >= 4 is 51.1 Å². The van der Waals surface area contributed by atoms with Crippen molar-refractivity contribution in [3.05, 3.63) is 116 Å². The van der Waals surface area contributed by atoms with Gasteiger partial charge in [0.1, 0.15) is 12.3 Å². The standard InChI is InChI=1S/C31H24BrN3O8/c1-18-3-2-4-25-27(18)30(39)34(29(25)38)33(28(37)20-7-13-23(14-8-20)35(41)42)17-26(36)19-9-15-24(16-10-19)43-31(40)21-5-11-22(32)12-6-21/h2-3,5-16,18,25,27H,4,17H2,1H3/t18-,25-,27+/m1/s1. The van der Waals surface area contributed by atoms with Crippen molar-refractivity contribution in [3.8, 4) is 5.75 Å². The molecule has 1 saturated heterocycles. The Balaban J connectivity index is 1.39. The maximum atomic E-state index is 13.7. The predicted molar refractivity (Wildman–Crippen MR) is 156 cm³/mol. The molecule has 2 aliphatic rings. The fourth-order valence-electron chi connectivity index (χ4n) is 5.17. The molecule has 0 spiro atoms. The molecule has 3 amide bonds. The topological polar surface area (TPSA) is 144 Å². The minimum atomic E-state index is -0.843. The number of ketones is 1. The van der Waals surface area contributed by atoms with E-state index in [1.807, 2.05) is 12.2 Å². The van der Waals surface area contributed by atoms with Gasteiger partial charge >= 0.3 is 5.97 Å². The van der Waals surface area contributed by atoms with Crippen LogP contribution in [0.1, 0.15) is 44.4 Å². The number of amides is 3. The highest BCUT2D eigenvalue weighted by Gasteiger charge is 2.53. The van der Waals surface area contributed by atoms with E-state index in [1.54, 1.807) is 31.2 Å². The van der Waals surface area contributed by atoms with Crippen molar-refractivity contribution in [3.63, 3.8) is 0 Å². The van der Waals surface area contributed by atoms with Gasteiger partial charge in [-0.05, 0) is 73.0 Å². The average molecular weight is 646 g/mol. The Bertz CT molecular complexity index is 1650. The van der Waals surface area contributed by atoms with E-state index in [2.05, 4.69) is 15.9 Å². The van der Waals surface area contributed by atoms with Crippen LogP contribution in [-0.4, -0.2) is 51.0 Å². The smallest absolute Gasteiger partial charge is 0.343 e. The van der Waals surface area contributed by atoms with E-state index in [1.165, 1.54) is 36.4 Å². The van der Waals surface area contributed by atoms with E-state index in [0.717, 1.165) is 26.6 Å². The predicted octanol–water partition coefficient (Wildman–Crippen LogP) is 5.01. The largest absolute Gasteiger partial charge is 0.423 e. The van der Waals surface area contributed by atoms with Gasteiger partial charge in [0.2, 0.25) is 0 Å². The van der Waals surface area contributed by atoms with Crippen LogP contribution in [0.5, 0.6) is 5.75 Å². The molecule has 3 aromatic rings. The summed E-state index contributed by atoms with van der Waals surface area (Å²) in [6.07, 6.45) is 3.98. The number of hydrogen-bond acceptors (Lipinski definition) is 8. The number of halogens is 1. The normalized spacial score (nSPS) is 19.1. The first-order valence-corrected chi connectivity index (χ1v) is 14.1. The summed E-state index contributed by atoms with van der Waals surface area (Å²) >= 11 is 3.30. The number of nitro benzene ring substituents is 1. The first-order valence-electron chi connectivity index (χ1n) is 13.3. The molecule has 1 fully saturated rings. The average Bonchev–Trinajstić information content (AvgIpc) is 3.26.